The Balaban J connectivity index is 1.84. The third-order valence-corrected chi connectivity index (χ3v) is 5.35. The van der Waals surface area contributed by atoms with Crippen LogP contribution in [0.3, 0.4) is 0 Å². The molecular weight excluding hydrogens is 358 g/mol. The van der Waals surface area contributed by atoms with Gasteiger partial charge in [0.25, 0.3) is 0 Å². The van der Waals surface area contributed by atoms with Crippen LogP contribution in [0.15, 0.2) is 42.5 Å². The average molecular weight is 386 g/mol. The highest BCUT2D eigenvalue weighted by Gasteiger charge is 2.27. The number of hydrogen-bond acceptors (Lipinski definition) is 2. The molecule has 1 unspecified atom stereocenters. The second kappa shape index (κ2) is 9.28. The Kier molecular flexibility index (Phi) is 6.79. The zero-order valence-corrected chi connectivity index (χ0v) is 16.6. The Morgan fingerprint density at radius 2 is 1.79 bits per heavy atom. The second-order valence-electron chi connectivity index (χ2n) is 7.76. The quantitative estimate of drug-likeness (QED) is 0.656. The van der Waals surface area contributed by atoms with E-state index in [0.29, 0.717) is 18.7 Å². The normalized spacial score (nSPS) is 16.8. The van der Waals surface area contributed by atoms with Crippen LogP contribution in [-0.4, -0.2) is 38.0 Å². The van der Waals surface area contributed by atoms with E-state index in [9.17, 15) is 13.6 Å². The lowest BCUT2D eigenvalue weighted by molar-refractivity contribution is -0.118. The molecule has 0 fully saturated rings. The topological polar surface area (TPSA) is 23.6 Å². The summed E-state index contributed by atoms with van der Waals surface area (Å²) in [6.07, 6.45) is 3.90. The van der Waals surface area contributed by atoms with Gasteiger partial charge in [-0.15, -0.1) is 0 Å². The summed E-state index contributed by atoms with van der Waals surface area (Å²) in [6, 6.07) is 11.2. The maximum Gasteiger partial charge on any atom is 0.226 e. The summed E-state index contributed by atoms with van der Waals surface area (Å²) >= 11 is 0. The smallest absolute Gasteiger partial charge is 0.226 e. The van der Waals surface area contributed by atoms with E-state index in [-0.39, 0.29) is 23.5 Å². The number of carbonyl (C=O) groups excluding carboxylic acids is 1. The molecule has 2 aromatic rings. The van der Waals surface area contributed by atoms with Crippen LogP contribution >= 0.6 is 0 Å². The summed E-state index contributed by atoms with van der Waals surface area (Å²) in [5, 5.41) is 0. The number of nitrogens with zero attached hydrogens (tertiary/aromatic N) is 2. The molecule has 0 N–H and O–H groups in total. The van der Waals surface area contributed by atoms with Gasteiger partial charge in [0.1, 0.15) is 11.6 Å². The number of carbonyl (C=O) groups is 1. The van der Waals surface area contributed by atoms with Crippen LogP contribution < -0.4 is 4.90 Å². The van der Waals surface area contributed by atoms with Gasteiger partial charge in [-0.05, 0) is 81.7 Å². The molecule has 0 aromatic heterocycles. The fraction of sp³-hybridized carbons (Fsp3) is 0.435. The molecule has 0 radical (unpaired) electrons. The Bertz CT molecular complexity index is 805. The molecule has 0 spiro atoms. The van der Waals surface area contributed by atoms with Gasteiger partial charge in [0.15, 0.2) is 0 Å². The van der Waals surface area contributed by atoms with E-state index < -0.39 is 0 Å². The Morgan fingerprint density at radius 1 is 1.07 bits per heavy atom. The maximum atomic E-state index is 14.0. The van der Waals surface area contributed by atoms with E-state index >= 15 is 0 Å². The van der Waals surface area contributed by atoms with Crippen molar-refractivity contribution in [3.63, 3.8) is 0 Å². The largest absolute Gasteiger partial charge is 0.312 e. The zero-order valence-electron chi connectivity index (χ0n) is 16.6. The van der Waals surface area contributed by atoms with Crippen LogP contribution in [0.5, 0.6) is 0 Å². The van der Waals surface area contributed by atoms with Gasteiger partial charge >= 0.3 is 0 Å². The van der Waals surface area contributed by atoms with Crippen LogP contribution in [0.1, 0.15) is 49.1 Å². The minimum atomic E-state index is -0.344. The summed E-state index contributed by atoms with van der Waals surface area (Å²) in [7, 11) is 4.04. The molecule has 28 heavy (non-hydrogen) atoms. The summed E-state index contributed by atoms with van der Waals surface area (Å²) in [5.74, 6) is -0.539. The molecule has 3 nitrogen and oxygen atoms in total. The molecule has 1 aliphatic rings. The number of hydrogen-bond donors (Lipinski definition) is 0. The molecule has 1 atom stereocenters. The van der Waals surface area contributed by atoms with Gasteiger partial charge in [0.05, 0.1) is 5.69 Å². The predicted octanol–water partition coefficient (Wildman–Crippen LogP) is 4.96. The first-order valence-electron chi connectivity index (χ1n) is 9.95. The van der Waals surface area contributed by atoms with Gasteiger partial charge in [-0.25, -0.2) is 8.78 Å². The molecule has 1 amide bonds. The van der Waals surface area contributed by atoms with Crippen LogP contribution in [0.4, 0.5) is 14.5 Å². The van der Waals surface area contributed by atoms with Gasteiger partial charge < -0.3 is 9.80 Å². The molecule has 0 aliphatic carbocycles. The second-order valence-corrected chi connectivity index (χ2v) is 7.76. The summed E-state index contributed by atoms with van der Waals surface area (Å²) in [6.45, 7) is 1.53. The fourth-order valence-electron chi connectivity index (χ4n) is 3.91. The van der Waals surface area contributed by atoms with Crippen molar-refractivity contribution in [2.45, 2.75) is 38.0 Å². The number of amides is 1. The third-order valence-electron chi connectivity index (χ3n) is 5.35. The Labute approximate surface area is 166 Å². The monoisotopic (exact) mass is 386 g/mol. The minimum Gasteiger partial charge on any atom is -0.312 e. The van der Waals surface area contributed by atoms with Crippen LogP contribution in [0.2, 0.25) is 0 Å². The molecule has 5 heteroatoms. The van der Waals surface area contributed by atoms with E-state index in [1.165, 1.54) is 24.3 Å². The molecule has 1 aliphatic heterocycles. The number of halogens is 2. The minimum absolute atomic E-state index is 0.0303. The van der Waals surface area contributed by atoms with E-state index in [0.717, 1.165) is 43.4 Å². The number of rotatable bonds is 6. The van der Waals surface area contributed by atoms with Crippen molar-refractivity contribution in [3.05, 3.63) is 65.2 Å². The highest BCUT2D eigenvalue weighted by atomic mass is 19.1. The lowest BCUT2D eigenvalue weighted by Crippen LogP contribution is -2.31. The van der Waals surface area contributed by atoms with Gasteiger partial charge in [0.2, 0.25) is 5.91 Å². The highest BCUT2D eigenvalue weighted by molar-refractivity contribution is 5.94. The van der Waals surface area contributed by atoms with Gasteiger partial charge in [-0.2, -0.15) is 0 Å². The molecule has 0 saturated heterocycles. The van der Waals surface area contributed by atoms with Crippen molar-refractivity contribution in [3.8, 4) is 0 Å². The van der Waals surface area contributed by atoms with Crippen LogP contribution in [0, 0.1) is 11.6 Å². The van der Waals surface area contributed by atoms with Crippen molar-refractivity contribution < 1.29 is 13.6 Å². The molecule has 0 saturated carbocycles. The number of unbranched alkanes of at least 4 members (excludes halogenated alkanes) is 1. The first-order valence-corrected chi connectivity index (χ1v) is 9.95. The Morgan fingerprint density at radius 3 is 2.50 bits per heavy atom. The van der Waals surface area contributed by atoms with E-state index in [4.69, 9.17) is 0 Å². The van der Waals surface area contributed by atoms with Gasteiger partial charge in [0, 0.05) is 18.9 Å². The SMILES string of the molecule is CN(C)CCCCC(=O)N1CCCC(c2ccc(F)cc2)c2ccc(F)cc21. The third kappa shape index (κ3) is 4.96. The van der Waals surface area contributed by atoms with Crippen molar-refractivity contribution in [1.29, 1.82) is 0 Å². The summed E-state index contributed by atoms with van der Waals surface area (Å²) < 4.78 is 27.4. The fourth-order valence-corrected chi connectivity index (χ4v) is 3.91. The number of anilines is 1. The van der Waals surface area contributed by atoms with Crippen molar-refractivity contribution in [2.24, 2.45) is 0 Å². The van der Waals surface area contributed by atoms with Crippen molar-refractivity contribution in [1.82, 2.24) is 4.90 Å². The molecule has 2 aromatic carbocycles. The predicted molar refractivity (Wildman–Crippen MR) is 109 cm³/mol. The number of fused-ring (bicyclic) bond motifs is 1. The standard InChI is InChI=1S/C23H28F2N2O/c1-26(2)14-4-3-7-23(28)27-15-5-6-20(17-8-10-18(24)11-9-17)21-13-12-19(25)16-22(21)27/h8-13,16,20H,3-7,14-15H2,1-2H3. The molecule has 1 heterocycles. The summed E-state index contributed by atoms with van der Waals surface area (Å²) in [5.41, 5.74) is 2.59. The summed E-state index contributed by atoms with van der Waals surface area (Å²) in [4.78, 5) is 16.8. The first-order chi connectivity index (χ1) is 13.5. The first kappa shape index (κ1) is 20.5. The molecule has 150 valence electrons. The van der Waals surface area contributed by atoms with E-state index in [1.54, 1.807) is 23.1 Å². The van der Waals surface area contributed by atoms with Crippen molar-refractivity contribution in [2.75, 3.05) is 32.1 Å². The van der Waals surface area contributed by atoms with E-state index in [2.05, 4.69) is 4.90 Å². The average Bonchev–Trinajstić information content (AvgIpc) is 2.85. The highest BCUT2D eigenvalue weighted by Crippen LogP contribution is 2.39. The lowest BCUT2D eigenvalue weighted by Gasteiger charge is -2.24. The van der Waals surface area contributed by atoms with Gasteiger partial charge in [-0.1, -0.05) is 18.2 Å². The Hall–Kier alpha value is -2.27. The van der Waals surface area contributed by atoms with Gasteiger partial charge in [-0.3, -0.25) is 4.79 Å². The lowest BCUT2D eigenvalue weighted by atomic mass is 9.87. The van der Waals surface area contributed by atoms with Crippen molar-refractivity contribution >= 4 is 11.6 Å². The zero-order chi connectivity index (χ0) is 20.1. The van der Waals surface area contributed by atoms with Crippen LogP contribution in [-0.2, 0) is 4.79 Å². The van der Waals surface area contributed by atoms with Crippen LogP contribution in [0.25, 0.3) is 0 Å². The molecular formula is C23H28F2N2O. The number of benzene rings is 2. The molecule has 3 rings (SSSR count). The van der Waals surface area contributed by atoms with E-state index in [1.807, 2.05) is 14.1 Å². The molecule has 0 bridgehead atoms. The maximum absolute atomic E-state index is 14.0.